The predicted octanol–water partition coefficient (Wildman–Crippen LogP) is 4.06. The topological polar surface area (TPSA) is 0 Å². The Morgan fingerprint density at radius 2 is 1.77 bits per heavy atom. The quantitative estimate of drug-likeness (QED) is 0.599. The van der Waals surface area contributed by atoms with Crippen LogP contribution in [0.3, 0.4) is 0 Å². The summed E-state index contributed by atoms with van der Waals surface area (Å²) in [5, 5.41) is 0. The largest absolute Gasteiger partial charge is 0.0842 e. The maximum Gasteiger partial charge on any atom is -0.0224 e. The summed E-state index contributed by atoms with van der Waals surface area (Å²) in [4.78, 5) is 0. The fourth-order valence-electron chi connectivity index (χ4n) is 1.50. The average Bonchev–Trinajstić information content (AvgIpc) is 2.21. The maximum atomic E-state index is 2.21. The summed E-state index contributed by atoms with van der Waals surface area (Å²) in [6.07, 6.45) is 8.93. The summed E-state index contributed by atoms with van der Waals surface area (Å²) in [6.45, 7) is 0. The van der Waals surface area contributed by atoms with Crippen LogP contribution in [0.4, 0.5) is 0 Å². The van der Waals surface area contributed by atoms with Crippen molar-refractivity contribution in [2.75, 3.05) is 0 Å². The first kappa shape index (κ1) is 9.79. The highest BCUT2D eigenvalue weighted by Crippen LogP contribution is 2.22. The van der Waals surface area contributed by atoms with Crippen molar-refractivity contribution in [3.63, 3.8) is 0 Å². The standard InChI is InChI=1S/C12H12.CH4/c1-3-7-11(8-4-1)12-9-5-2-6-10-12;/h1-5,7-9H,6,10H2;1H4. The molecule has 0 aliphatic heterocycles. The molecule has 1 aromatic rings. The molecule has 0 heteroatoms. The SMILES string of the molecule is C.C1=CCCC(c2ccccc2)=C1. The van der Waals surface area contributed by atoms with Gasteiger partial charge in [-0.25, -0.2) is 0 Å². The molecule has 68 valence electrons. The number of hydrogen-bond acceptors (Lipinski definition) is 0. The van der Waals surface area contributed by atoms with Crippen LogP contribution in [0.1, 0.15) is 25.8 Å². The van der Waals surface area contributed by atoms with Crippen molar-refractivity contribution in [2.24, 2.45) is 0 Å². The molecule has 0 amide bonds. The van der Waals surface area contributed by atoms with Crippen LogP contribution in [0.25, 0.3) is 5.57 Å². The molecule has 1 aliphatic carbocycles. The van der Waals surface area contributed by atoms with Gasteiger partial charge in [0, 0.05) is 0 Å². The summed E-state index contributed by atoms with van der Waals surface area (Å²) in [6, 6.07) is 10.6. The Hall–Kier alpha value is -1.30. The molecule has 0 saturated carbocycles. The number of allylic oxidation sites excluding steroid dienone is 4. The third-order valence-corrected chi connectivity index (χ3v) is 2.16. The predicted molar refractivity (Wildman–Crippen MR) is 59.5 cm³/mol. The molecular weight excluding hydrogens is 156 g/mol. The minimum Gasteiger partial charge on any atom is -0.0842 e. The zero-order valence-corrected chi connectivity index (χ0v) is 7.03. The maximum absolute atomic E-state index is 2.21. The van der Waals surface area contributed by atoms with Crippen molar-refractivity contribution in [3.05, 3.63) is 54.1 Å². The zero-order chi connectivity index (χ0) is 8.23. The Balaban J connectivity index is 0.000000845. The van der Waals surface area contributed by atoms with Crippen LogP contribution in [0.5, 0.6) is 0 Å². The molecule has 0 nitrogen and oxygen atoms in total. The van der Waals surface area contributed by atoms with Gasteiger partial charge in [0.05, 0.1) is 0 Å². The van der Waals surface area contributed by atoms with E-state index in [1.165, 1.54) is 24.0 Å². The summed E-state index contributed by atoms with van der Waals surface area (Å²) >= 11 is 0. The first-order valence-corrected chi connectivity index (χ1v) is 4.38. The van der Waals surface area contributed by atoms with E-state index >= 15 is 0 Å². The normalized spacial score (nSPS) is 14.6. The van der Waals surface area contributed by atoms with Gasteiger partial charge in [-0.05, 0) is 24.0 Å². The number of benzene rings is 1. The second-order valence-corrected chi connectivity index (χ2v) is 3.02. The second kappa shape index (κ2) is 4.66. The summed E-state index contributed by atoms with van der Waals surface area (Å²) in [7, 11) is 0. The average molecular weight is 172 g/mol. The Morgan fingerprint density at radius 3 is 2.38 bits per heavy atom. The Morgan fingerprint density at radius 1 is 1.00 bits per heavy atom. The van der Waals surface area contributed by atoms with E-state index in [9.17, 15) is 0 Å². The molecule has 0 atom stereocenters. The smallest absolute Gasteiger partial charge is 0.0224 e. The van der Waals surface area contributed by atoms with Crippen molar-refractivity contribution in [1.29, 1.82) is 0 Å². The van der Waals surface area contributed by atoms with Crippen LogP contribution in [0, 0.1) is 0 Å². The van der Waals surface area contributed by atoms with Crippen molar-refractivity contribution in [1.82, 2.24) is 0 Å². The summed E-state index contributed by atoms with van der Waals surface area (Å²) in [5.41, 5.74) is 2.82. The molecule has 0 fully saturated rings. The van der Waals surface area contributed by atoms with Gasteiger partial charge in [-0.2, -0.15) is 0 Å². The van der Waals surface area contributed by atoms with Gasteiger partial charge in [-0.1, -0.05) is 56.0 Å². The van der Waals surface area contributed by atoms with E-state index in [1.807, 2.05) is 0 Å². The first-order valence-electron chi connectivity index (χ1n) is 4.38. The van der Waals surface area contributed by atoms with E-state index in [4.69, 9.17) is 0 Å². The van der Waals surface area contributed by atoms with Gasteiger partial charge < -0.3 is 0 Å². The van der Waals surface area contributed by atoms with Gasteiger partial charge >= 0.3 is 0 Å². The molecule has 0 heterocycles. The molecule has 0 radical (unpaired) electrons. The Kier molecular flexibility index (Phi) is 3.51. The summed E-state index contributed by atoms with van der Waals surface area (Å²) in [5.74, 6) is 0. The van der Waals surface area contributed by atoms with E-state index in [0.717, 1.165) is 0 Å². The van der Waals surface area contributed by atoms with Crippen molar-refractivity contribution >= 4 is 5.57 Å². The number of hydrogen-bond donors (Lipinski definition) is 0. The van der Waals surface area contributed by atoms with Crippen LogP contribution in [0.15, 0.2) is 48.6 Å². The van der Waals surface area contributed by atoms with E-state index in [2.05, 4.69) is 48.6 Å². The Bertz CT molecular complexity index is 304. The molecule has 2 rings (SSSR count). The highest BCUT2D eigenvalue weighted by Gasteiger charge is 2.00. The van der Waals surface area contributed by atoms with Crippen molar-refractivity contribution in [2.45, 2.75) is 20.3 Å². The lowest BCUT2D eigenvalue weighted by molar-refractivity contribution is 1.05. The molecular formula is C13H16. The molecule has 0 aromatic heterocycles. The van der Waals surface area contributed by atoms with Crippen LogP contribution < -0.4 is 0 Å². The minimum atomic E-state index is 0. The molecule has 0 spiro atoms. The lowest BCUT2D eigenvalue weighted by Gasteiger charge is -2.08. The lowest BCUT2D eigenvalue weighted by Crippen LogP contribution is -1.86. The highest BCUT2D eigenvalue weighted by molar-refractivity contribution is 5.67. The van der Waals surface area contributed by atoms with Gasteiger partial charge in [0.2, 0.25) is 0 Å². The van der Waals surface area contributed by atoms with E-state index in [0.29, 0.717) is 0 Å². The summed E-state index contributed by atoms with van der Waals surface area (Å²) < 4.78 is 0. The van der Waals surface area contributed by atoms with E-state index < -0.39 is 0 Å². The number of rotatable bonds is 1. The van der Waals surface area contributed by atoms with Gasteiger partial charge in [0.25, 0.3) is 0 Å². The third kappa shape index (κ3) is 2.32. The highest BCUT2D eigenvalue weighted by atomic mass is 14.1. The zero-order valence-electron chi connectivity index (χ0n) is 7.03. The van der Waals surface area contributed by atoms with E-state index in [-0.39, 0.29) is 7.43 Å². The molecule has 0 N–H and O–H groups in total. The molecule has 0 saturated heterocycles. The van der Waals surface area contributed by atoms with Gasteiger partial charge in [-0.15, -0.1) is 0 Å². The first-order chi connectivity index (χ1) is 5.97. The third-order valence-electron chi connectivity index (χ3n) is 2.16. The van der Waals surface area contributed by atoms with Gasteiger partial charge in [-0.3, -0.25) is 0 Å². The monoisotopic (exact) mass is 172 g/mol. The fourth-order valence-corrected chi connectivity index (χ4v) is 1.50. The molecule has 0 unspecified atom stereocenters. The van der Waals surface area contributed by atoms with Gasteiger partial charge in [0.1, 0.15) is 0 Å². The molecule has 0 bridgehead atoms. The van der Waals surface area contributed by atoms with Crippen LogP contribution >= 0.6 is 0 Å². The van der Waals surface area contributed by atoms with Crippen LogP contribution in [-0.4, -0.2) is 0 Å². The molecule has 1 aromatic carbocycles. The van der Waals surface area contributed by atoms with Crippen molar-refractivity contribution < 1.29 is 0 Å². The second-order valence-electron chi connectivity index (χ2n) is 3.02. The van der Waals surface area contributed by atoms with Gasteiger partial charge in [0.15, 0.2) is 0 Å². The van der Waals surface area contributed by atoms with E-state index in [1.54, 1.807) is 0 Å². The van der Waals surface area contributed by atoms with Crippen LogP contribution in [0.2, 0.25) is 0 Å². The van der Waals surface area contributed by atoms with Crippen molar-refractivity contribution in [3.8, 4) is 0 Å². The molecule has 1 aliphatic rings. The Labute approximate surface area is 80.6 Å². The minimum absolute atomic E-state index is 0. The molecule has 13 heavy (non-hydrogen) atoms. The lowest BCUT2D eigenvalue weighted by atomic mass is 9.98. The fraction of sp³-hybridized carbons (Fsp3) is 0.231. The van der Waals surface area contributed by atoms with Crippen LogP contribution in [-0.2, 0) is 0 Å².